The van der Waals surface area contributed by atoms with E-state index in [4.69, 9.17) is 11.6 Å². The van der Waals surface area contributed by atoms with Gasteiger partial charge in [0.25, 0.3) is 0 Å². The van der Waals surface area contributed by atoms with Crippen molar-refractivity contribution in [3.05, 3.63) is 101 Å². The number of benzene rings is 3. The molecule has 230 valence electrons. The van der Waals surface area contributed by atoms with Crippen LogP contribution in [0.1, 0.15) is 61.6 Å². The summed E-state index contributed by atoms with van der Waals surface area (Å²) in [5.74, 6) is -0.358. The number of aryl methyl sites for hydroxylation is 1. The topological polar surface area (TPSA) is 86.8 Å². The number of sulfonamides is 1. The fourth-order valence-electron chi connectivity index (χ4n) is 5.67. The first-order valence-corrected chi connectivity index (χ1v) is 17.3. The molecule has 0 spiro atoms. The number of carbonyl (C=O) groups is 2. The molecule has 0 saturated heterocycles. The summed E-state index contributed by atoms with van der Waals surface area (Å²) in [7, 11) is -3.56. The molecular weight excluding hydrogens is 582 g/mol. The number of carbonyl (C=O) groups excluding carboxylic acids is 2. The highest BCUT2D eigenvalue weighted by Crippen LogP contribution is 2.23. The maximum absolute atomic E-state index is 14.0. The molecule has 4 rings (SSSR count). The molecule has 1 saturated carbocycles. The summed E-state index contributed by atoms with van der Waals surface area (Å²) in [4.78, 5) is 29.6. The number of amides is 2. The predicted octanol–water partition coefficient (Wildman–Crippen LogP) is 6.28. The van der Waals surface area contributed by atoms with Gasteiger partial charge in [-0.05, 0) is 67.1 Å². The third-order valence-electron chi connectivity index (χ3n) is 7.93. The van der Waals surface area contributed by atoms with Gasteiger partial charge in [-0.2, -0.15) is 0 Å². The first-order valence-electron chi connectivity index (χ1n) is 15.0. The molecule has 3 aromatic carbocycles. The smallest absolute Gasteiger partial charge is 0.243 e. The van der Waals surface area contributed by atoms with Crippen molar-refractivity contribution in [1.82, 2.24) is 10.2 Å². The Bertz CT molecular complexity index is 1460. The van der Waals surface area contributed by atoms with Crippen molar-refractivity contribution in [2.45, 2.75) is 76.9 Å². The first kappa shape index (κ1) is 32.6. The average molecular weight is 624 g/mol. The zero-order valence-corrected chi connectivity index (χ0v) is 26.6. The molecule has 0 aliphatic heterocycles. The van der Waals surface area contributed by atoms with Crippen LogP contribution >= 0.6 is 11.6 Å². The van der Waals surface area contributed by atoms with Gasteiger partial charge in [0.2, 0.25) is 21.8 Å². The highest BCUT2D eigenvalue weighted by molar-refractivity contribution is 7.92. The lowest BCUT2D eigenvalue weighted by Gasteiger charge is -2.34. The summed E-state index contributed by atoms with van der Waals surface area (Å²) in [5, 5.41) is 3.84. The van der Waals surface area contributed by atoms with E-state index in [0.29, 0.717) is 23.6 Å². The fraction of sp³-hybridized carbons (Fsp3) is 0.412. The molecule has 7 nitrogen and oxygen atoms in total. The lowest BCUT2D eigenvalue weighted by molar-refractivity contribution is -0.141. The van der Waals surface area contributed by atoms with Crippen molar-refractivity contribution in [3.8, 4) is 0 Å². The van der Waals surface area contributed by atoms with Crippen LogP contribution in [0.5, 0.6) is 0 Å². The summed E-state index contributed by atoms with van der Waals surface area (Å²) in [6.07, 6.45) is 7.16. The number of nitrogens with one attached hydrogen (secondary N) is 1. The molecule has 1 aliphatic rings. The Balaban J connectivity index is 1.58. The fourth-order valence-corrected chi connectivity index (χ4v) is 6.76. The normalized spacial score (nSPS) is 14.6. The molecule has 1 fully saturated rings. The largest absolute Gasteiger partial charge is 0.352 e. The zero-order valence-electron chi connectivity index (χ0n) is 25.0. The summed E-state index contributed by atoms with van der Waals surface area (Å²) >= 11 is 6.14. The van der Waals surface area contributed by atoms with Crippen LogP contribution in [-0.4, -0.2) is 50.0 Å². The van der Waals surface area contributed by atoms with Crippen LogP contribution in [0, 0.1) is 6.92 Å². The van der Waals surface area contributed by atoms with Crippen molar-refractivity contribution >= 4 is 39.1 Å². The van der Waals surface area contributed by atoms with E-state index in [0.717, 1.165) is 42.4 Å². The third-order valence-corrected chi connectivity index (χ3v) is 9.38. The average Bonchev–Trinajstić information content (AvgIpc) is 2.98. The molecule has 0 heterocycles. The van der Waals surface area contributed by atoms with Gasteiger partial charge in [-0.25, -0.2) is 8.42 Å². The van der Waals surface area contributed by atoms with Gasteiger partial charge in [-0.3, -0.25) is 13.9 Å². The van der Waals surface area contributed by atoms with E-state index in [2.05, 4.69) is 5.32 Å². The quantitative estimate of drug-likeness (QED) is 0.243. The Labute approximate surface area is 261 Å². The van der Waals surface area contributed by atoms with Gasteiger partial charge in [-0.15, -0.1) is 0 Å². The molecule has 9 heteroatoms. The van der Waals surface area contributed by atoms with E-state index in [1.807, 2.05) is 67.6 Å². The van der Waals surface area contributed by atoms with Crippen molar-refractivity contribution in [2.24, 2.45) is 0 Å². The molecule has 1 atom stereocenters. The maximum Gasteiger partial charge on any atom is 0.243 e. The Morgan fingerprint density at radius 1 is 0.930 bits per heavy atom. The summed E-state index contributed by atoms with van der Waals surface area (Å²) in [5.41, 5.74) is 3.34. The molecule has 0 aromatic heterocycles. The predicted molar refractivity (Wildman–Crippen MR) is 174 cm³/mol. The minimum Gasteiger partial charge on any atom is -0.352 e. The molecule has 43 heavy (non-hydrogen) atoms. The van der Waals surface area contributed by atoms with E-state index in [9.17, 15) is 18.0 Å². The van der Waals surface area contributed by atoms with E-state index in [1.54, 1.807) is 23.1 Å². The number of halogens is 1. The third kappa shape index (κ3) is 9.83. The van der Waals surface area contributed by atoms with Crippen LogP contribution in [0.4, 0.5) is 5.69 Å². The Morgan fingerprint density at radius 2 is 1.63 bits per heavy atom. The number of hydrogen-bond donors (Lipinski definition) is 1. The number of rotatable bonds is 13. The minimum absolute atomic E-state index is 0.0907. The lowest BCUT2D eigenvalue weighted by Crippen LogP contribution is -2.52. The Hall–Kier alpha value is -3.36. The van der Waals surface area contributed by atoms with Gasteiger partial charge >= 0.3 is 0 Å². The van der Waals surface area contributed by atoms with Crippen molar-refractivity contribution in [3.63, 3.8) is 0 Å². The Morgan fingerprint density at radius 3 is 2.28 bits per heavy atom. The second-order valence-corrected chi connectivity index (χ2v) is 13.8. The molecule has 3 aromatic rings. The highest BCUT2D eigenvalue weighted by Gasteiger charge is 2.32. The van der Waals surface area contributed by atoms with Gasteiger partial charge in [-0.1, -0.05) is 85.5 Å². The van der Waals surface area contributed by atoms with E-state index >= 15 is 0 Å². The van der Waals surface area contributed by atoms with E-state index < -0.39 is 16.1 Å². The van der Waals surface area contributed by atoms with E-state index in [1.165, 1.54) is 17.0 Å². The molecule has 0 bridgehead atoms. The van der Waals surface area contributed by atoms with Crippen LogP contribution in [0.25, 0.3) is 0 Å². The van der Waals surface area contributed by atoms with E-state index in [-0.39, 0.29) is 37.4 Å². The molecule has 2 amide bonds. The van der Waals surface area contributed by atoms with Gasteiger partial charge in [0.05, 0.1) is 11.9 Å². The maximum atomic E-state index is 14.0. The minimum atomic E-state index is -3.56. The summed E-state index contributed by atoms with van der Waals surface area (Å²) < 4.78 is 26.7. The molecule has 0 unspecified atom stereocenters. The monoisotopic (exact) mass is 623 g/mol. The molecule has 1 aliphatic carbocycles. The molecular formula is C34H42ClN3O4S. The highest BCUT2D eigenvalue weighted by atomic mass is 35.5. The standard InChI is InChI=1S/C34H42ClN3O4S/c1-26-11-9-16-31(23-26)38(43(2,41)42)22-10-17-33(39)37(25-28-18-20-29(35)21-19-28)32(24-27-12-5-3-6-13-27)34(40)36-30-14-7-4-8-15-30/h3,5-6,9,11-13,16,18-21,23,30,32H,4,7-8,10,14-15,17,22,24-25H2,1-2H3,(H,36,40)/t32-/m0/s1. The Kier molecular flexibility index (Phi) is 11.7. The van der Waals surface area contributed by atoms with Crippen LogP contribution in [0.3, 0.4) is 0 Å². The van der Waals surface area contributed by atoms with Gasteiger partial charge in [0.15, 0.2) is 0 Å². The van der Waals surface area contributed by atoms with Gasteiger partial charge in [0.1, 0.15) is 6.04 Å². The van der Waals surface area contributed by atoms with Gasteiger partial charge < -0.3 is 10.2 Å². The number of nitrogens with zero attached hydrogens (tertiary/aromatic N) is 2. The SMILES string of the molecule is Cc1cccc(N(CCCC(=O)N(Cc2ccc(Cl)cc2)[C@@H](Cc2ccccc2)C(=O)NC2CCCCC2)S(C)(=O)=O)c1. The van der Waals surface area contributed by atoms with Crippen molar-refractivity contribution < 1.29 is 18.0 Å². The first-order chi connectivity index (χ1) is 20.6. The summed E-state index contributed by atoms with van der Waals surface area (Å²) in [6.45, 7) is 2.30. The van der Waals surface area contributed by atoms with Crippen LogP contribution in [0.2, 0.25) is 5.02 Å². The summed E-state index contributed by atoms with van der Waals surface area (Å²) in [6, 6.07) is 23.7. The van der Waals surface area contributed by atoms with Crippen LogP contribution < -0.4 is 9.62 Å². The molecule has 1 N–H and O–H groups in total. The number of hydrogen-bond acceptors (Lipinski definition) is 4. The van der Waals surface area contributed by atoms with Gasteiger partial charge in [0, 0.05) is 37.0 Å². The lowest BCUT2D eigenvalue weighted by atomic mass is 9.94. The van der Waals surface area contributed by atoms with Crippen LogP contribution in [0.15, 0.2) is 78.9 Å². The van der Waals surface area contributed by atoms with Crippen molar-refractivity contribution in [1.29, 1.82) is 0 Å². The van der Waals surface area contributed by atoms with Crippen LogP contribution in [-0.2, 0) is 32.6 Å². The zero-order chi connectivity index (χ0) is 30.8. The molecule has 0 radical (unpaired) electrons. The van der Waals surface area contributed by atoms with Crippen molar-refractivity contribution in [2.75, 3.05) is 17.1 Å². The number of anilines is 1. The second kappa shape index (κ2) is 15.4. The second-order valence-electron chi connectivity index (χ2n) is 11.5.